The molecule has 0 aromatic heterocycles. The van der Waals surface area contributed by atoms with Gasteiger partial charge in [-0.1, -0.05) is 84.4 Å². The molecule has 5 heteroatoms. The summed E-state index contributed by atoms with van der Waals surface area (Å²) in [6.45, 7) is 1.93. The molecule has 0 saturated carbocycles. The van der Waals surface area contributed by atoms with E-state index in [2.05, 4.69) is 0 Å². The van der Waals surface area contributed by atoms with E-state index in [-0.39, 0.29) is 6.54 Å². The molecule has 3 aromatic rings. The summed E-state index contributed by atoms with van der Waals surface area (Å²) >= 11 is 5.89. The van der Waals surface area contributed by atoms with Crippen LogP contribution in [0.4, 0.5) is 13.2 Å². The number of alkyl halides is 3. The minimum Gasteiger partial charge on any atom is -0.356 e. The number of hydrogen-bond donors (Lipinski definition) is 0. The minimum atomic E-state index is -4.52. The first-order valence-electron chi connectivity index (χ1n) is 9.24. The van der Waals surface area contributed by atoms with Crippen molar-refractivity contribution in [2.24, 2.45) is 0 Å². The topological polar surface area (TPSA) is 3.24 Å². The Morgan fingerprint density at radius 2 is 1.45 bits per heavy atom. The number of halogens is 4. The molecule has 1 unspecified atom stereocenters. The van der Waals surface area contributed by atoms with E-state index in [4.69, 9.17) is 11.6 Å². The van der Waals surface area contributed by atoms with Gasteiger partial charge in [-0.15, -0.1) is 0 Å². The predicted molar refractivity (Wildman–Crippen MR) is 112 cm³/mol. The third-order valence-corrected chi connectivity index (χ3v) is 4.97. The van der Waals surface area contributed by atoms with Crippen LogP contribution in [0.2, 0.25) is 5.02 Å². The minimum absolute atomic E-state index is 0.135. The lowest BCUT2D eigenvalue weighted by Crippen LogP contribution is -2.33. The highest BCUT2D eigenvalue weighted by Gasteiger charge is 2.39. The first kappa shape index (κ1) is 21.0. The Kier molecular flexibility index (Phi) is 6.65. The summed E-state index contributed by atoms with van der Waals surface area (Å²) in [5.74, 6) is 0. The van der Waals surface area contributed by atoms with E-state index >= 15 is 0 Å². The molecule has 0 aliphatic carbocycles. The van der Waals surface area contributed by atoms with Crippen molar-refractivity contribution in [3.8, 4) is 0 Å². The molecule has 0 spiro atoms. The Labute approximate surface area is 174 Å². The number of rotatable bonds is 6. The van der Waals surface area contributed by atoms with E-state index in [0.717, 1.165) is 11.1 Å². The fourth-order valence-electron chi connectivity index (χ4n) is 3.17. The van der Waals surface area contributed by atoms with Gasteiger partial charge in [-0.2, -0.15) is 13.2 Å². The van der Waals surface area contributed by atoms with Crippen LogP contribution in [-0.4, -0.2) is 11.1 Å². The largest absolute Gasteiger partial charge is 0.431 e. The van der Waals surface area contributed by atoms with E-state index in [0.29, 0.717) is 10.6 Å². The maximum Gasteiger partial charge on any atom is 0.431 e. The van der Waals surface area contributed by atoms with Crippen molar-refractivity contribution in [2.75, 3.05) is 0 Å². The molecular weight excluding hydrogens is 395 g/mol. The second-order valence-electron chi connectivity index (χ2n) is 6.78. The number of allylic oxidation sites excluding steroid dienone is 1. The predicted octanol–water partition coefficient (Wildman–Crippen LogP) is 7.51. The Bertz CT molecular complexity index is 935. The van der Waals surface area contributed by atoms with Gasteiger partial charge in [0.25, 0.3) is 0 Å². The summed E-state index contributed by atoms with van der Waals surface area (Å²) in [7, 11) is 0. The molecule has 0 aliphatic heterocycles. The maximum atomic E-state index is 14.2. The molecule has 0 radical (unpaired) electrons. The van der Waals surface area contributed by atoms with E-state index in [9.17, 15) is 13.2 Å². The number of nitrogens with zero attached hydrogens (tertiary/aromatic N) is 1. The van der Waals surface area contributed by atoms with Crippen LogP contribution in [0.3, 0.4) is 0 Å². The highest BCUT2D eigenvalue weighted by Crippen LogP contribution is 2.37. The number of benzene rings is 3. The Morgan fingerprint density at radius 1 is 0.897 bits per heavy atom. The summed E-state index contributed by atoms with van der Waals surface area (Å²) in [4.78, 5) is 1.40. The molecule has 3 aromatic carbocycles. The monoisotopic (exact) mass is 415 g/mol. The van der Waals surface area contributed by atoms with E-state index in [1.807, 2.05) is 60.7 Å². The van der Waals surface area contributed by atoms with Crippen LogP contribution in [0, 0.1) is 0 Å². The third-order valence-electron chi connectivity index (χ3n) is 4.72. The van der Waals surface area contributed by atoms with Gasteiger partial charge in [0.1, 0.15) is 5.70 Å². The van der Waals surface area contributed by atoms with Crippen molar-refractivity contribution in [1.82, 2.24) is 4.90 Å². The zero-order valence-electron chi connectivity index (χ0n) is 15.9. The van der Waals surface area contributed by atoms with Gasteiger partial charge in [0, 0.05) is 11.6 Å². The van der Waals surface area contributed by atoms with Gasteiger partial charge < -0.3 is 4.90 Å². The third kappa shape index (κ3) is 5.64. The molecule has 29 heavy (non-hydrogen) atoms. The van der Waals surface area contributed by atoms with Gasteiger partial charge >= 0.3 is 6.18 Å². The standard InChI is InChI=1S/C24H21ClF3N/c1-18(21-10-6-3-7-11-21)29(17-20-8-4-2-5-9-20)23(24(26,27)28)16-19-12-14-22(25)15-13-19/h2-16,18H,17H2,1H3/b23-16-. The second kappa shape index (κ2) is 9.19. The smallest absolute Gasteiger partial charge is 0.356 e. The van der Waals surface area contributed by atoms with Crippen molar-refractivity contribution < 1.29 is 13.2 Å². The Morgan fingerprint density at radius 3 is 2.00 bits per heavy atom. The lowest BCUT2D eigenvalue weighted by Gasteiger charge is -2.35. The van der Waals surface area contributed by atoms with Gasteiger partial charge in [0.15, 0.2) is 0 Å². The van der Waals surface area contributed by atoms with E-state index in [1.54, 1.807) is 31.2 Å². The quantitative estimate of drug-likeness (QED) is 0.402. The summed E-state index contributed by atoms with van der Waals surface area (Å²) in [5.41, 5.74) is 1.37. The molecule has 0 heterocycles. The van der Waals surface area contributed by atoms with E-state index in [1.165, 1.54) is 11.0 Å². The van der Waals surface area contributed by atoms with Crippen LogP contribution < -0.4 is 0 Å². The molecule has 0 aliphatic rings. The van der Waals surface area contributed by atoms with Crippen LogP contribution in [-0.2, 0) is 6.54 Å². The molecule has 0 N–H and O–H groups in total. The maximum absolute atomic E-state index is 14.2. The summed E-state index contributed by atoms with van der Waals surface area (Å²) < 4.78 is 42.5. The molecule has 0 amide bonds. The molecule has 3 rings (SSSR count). The highest BCUT2D eigenvalue weighted by atomic mass is 35.5. The van der Waals surface area contributed by atoms with Crippen molar-refractivity contribution in [3.63, 3.8) is 0 Å². The molecule has 150 valence electrons. The van der Waals surface area contributed by atoms with Crippen LogP contribution in [0.25, 0.3) is 6.08 Å². The molecule has 0 bridgehead atoms. The summed E-state index contributed by atoms with van der Waals surface area (Å²) in [5, 5.41) is 0.481. The second-order valence-corrected chi connectivity index (χ2v) is 7.22. The summed E-state index contributed by atoms with van der Waals surface area (Å²) in [6, 6.07) is 24.3. The fraction of sp³-hybridized carbons (Fsp3) is 0.167. The van der Waals surface area contributed by atoms with Gasteiger partial charge in [-0.25, -0.2) is 0 Å². The van der Waals surface area contributed by atoms with Gasteiger partial charge in [-0.3, -0.25) is 0 Å². The zero-order valence-corrected chi connectivity index (χ0v) is 16.7. The van der Waals surface area contributed by atoms with Gasteiger partial charge in [0.2, 0.25) is 0 Å². The molecule has 1 atom stereocenters. The fourth-order valence-corrected chi connectivity index (χ4v) is 3.29. The molecule has 0 fully saturated rings. The number of hydrogen-bond acceptors (Lipinski definition) is 1. The van der Waals surface area contributed by atoms with Crippen molar-refractivity contribution in [3.05, 3.63) is 112 Å². The Hall–Kier alpha value is -2.72. The van der Waals surface area contributed by atoms with Crippen molar-refractivity contribution in [1.29, 1.82) is 0 Å². The van der Waals surface area contributed by atoms with Crippen molar-refractivity contribution in [2.45, 2.75) is 25.7 Å². The first-order valence-corrected chi connectivity index (χ1v) is 9.62. The van der Waals surface area contributed by atoms with Crippen LogP contribution in [0.1, 0.15) is 29.7 Å². The highest BCUT2D eigenvalue weighted by molar-refractivity contribution is 6.30. The van der Waals surface area contributed by atoms with Crippen molar-refractivity contribution >= 4 is 17.7 Å². The van der Waals surface area contributed by atoms with Gasteiger partial charge in [0.05, 0.1) is 6.04 Å². The molecule has 0 saturated heterocycles. The zero-order chi connectivity index (χ0) is 20.9. The van der Waals surface area contributed by atoms with Crippen LogP contribution in [0.15, 0.2) is 90.6 Å². The molecular formula is C24H21ClF3N. The van der Waals surface area contributed by atoms with E-state index < -0.39 is 17.9 Å². The average Bonchev–Trinajstić information content (AvgIpc) is 2.72. The molecule has 1 nitrogen and oxygen atoms in total. The average molecular weight is 416 g/mol. The van der Waals surface area contributed by atoms with Crippen LogP contribution >= 0.6 is 11.6 Å². The lowest BCUT2D eigenvalue weighted by atomic mass is 10.0. The first-order chi connectivity index (χ1) is 13.8. The van der Waals surface area contributed by atoms with Crippen LogP contribution in [0.5, 0.6) is 0 Å². The summed E-state index contributed by atoms with van der Waals surface area (Å²) in [6.07, 6.45) is -3.34. The lowest BCUT2D eigenvalue weighted by molar-refractivity contribution is -0.114. The Balaban J connectivity index is 2.08. The normalized spacial score (nSPS) is 13.2. The SMILES string of the molecule is CC(c1ccccc1)N(Cc1ccccc1)/C(=C\c1ccc(Cl)cc1)C(F)(F)F. The van der Waals surface area contributed by atoms with Gasteiger partial charge in [-0.05, 0) is 41.8 Å².